The summed E-state index contributed by atoms with van der Waals surface area (Å²) in [5.74, 6) is 0. The van der Waals surface area contributed by atoms with Crippen LogP contribution in [0.25, 0.3) is 0 Å². The summed E-state index contributed by atoms with van der Waals surface area (Å²) in [7, 11) is -7.61. The predicted molar refractivity (Wildman–Crippen MR) is 102 cm³/mol. The molecule has 0 saturated carbocycles. The molecule has 7 heteroatoms. The van der Waals surface area contributed by atoms with Gasteiger partial charge in [-0.2, -0.15) is 12.7 Å². The first kappa shape index (κ1) is 18.5. The minimum atomic E-state index is -4.11. The first-order chi connectivity index (χ1) is 12.4. The van der Waals surface area contributed by atoms with E-state index in [2.05, 4.69) is 5.25 Å². The van der Waals surface area contributed by atoms with Gasteiger partial charge in [0, 0.05) is 10.6 Å². The molecule has 0 saturated heterocycles. The monoisotopic (exact) mass is 387 g/mol. The van der Waals surface area contributed by atoms with Crippen molar-refractivity contribution in [2.45, 2.75) is 11.8 Å². The maximum absolute atomic E-state index is 13.6. The van der Waals surface area contributed by atoms with Crippen LogP contribution in [0.3, 0.4) is 0 Å². The van der Waals surface area contributed by atoms with Gasteiger partial charge in [-0.05, 0) is 43.3 Å². The van der Waals surface area contributed by atoms with Crippen LogP contribution in [0.5, 0.6) is 0 Å². The van der Waals surface area contributed by atoms with Gasteiger partial charge in [0.15, 0.2) is 0 Å². The van der Waals surface area contributed by atoms with Crippen LogP contribution in [-0.2, 0) is 19.0 Å². The molecule has 0 atom stereocenters. The van der Waals surface area contributed by atoms with E-state index in [1.54, 1.807) is 72.8 Å². The van der Waals surface area contributed by atoms with Gasteiger partial charge in [-0.25, -0.2) is 0 Å². The quantitative estimate of drug-likeness (QED) is 0.520. The molecule has 0 aromatic heterocycles. The number of hydrogen-bond acceptors (Lipinski definition) is 4. The van der Waals surface area contributed by atoms with Gasteiger partial charge in [-0.3, -0.25) is 4.57 Å². The smallest absolute Gasteiger partial charge is 0.294 e. The van der Waals surface area contributed by atoms with Crippen LogP contribution in [0, 0.1) is 6.92 Å². The molecule has 3 aromatic carbocycles. The lowest BCUT2D eigenvalue weighted by Crippen LogP contribution is -2.29. The summed E-state index contributed by atoms with van der Waals surface area (Å²) < 4.78 is 43.5. The Labute approximate surface area is 153 Å². The first-order valence-electron chi connectivity index (χ1n) is 7.90. The zero-order valence-electron chi connectivity index (χ0n) is 14.1. The van der Waals surface area contributed by atoms with Crippen LogP contribution in [-0.4, -0.2) is 8.42 Å². The average Bonchev–Trinajstić information content (AvgIpc) is 2.68. The number of nitrogens with one attached hydrogen (secondary N) is 1. The molecule has 3 aromatic rings. The van der Waals surface area contributed by atoms with E-state index in [9.17, 15) is 13.0 Å². The Morgan fingerprint density at radius 2 is 1.23 bits per heavy atom. The highest BCUT2D eigenvalue weighted by Gasteiger charge is 2.30. The van der Waals surface area contributed by atoms with Crippen LogP contribution in [0.15, 0.2) is 89.8 Å². The number of benzene rings is 3. The van der Waals surface area contributed by atoms with Gasteiger partial charge in [-0.1, -0.05) is 54.1 Å². The third-order valence-electron chi connectivity index (χ3n) is 3.82. The fraction of sp³-hybridized carbons (Fsp3) is 0.0526. The Morgan fingerprint density at radius 3 is 1.69 bits per heavy atom. The Kier molecular flexibility index (Phi) is 5.39. The molecule has 26 heavy (non-hydrogen) atoms. The molecular formula is C19H18NO4PS. The second-order valence-corrected chi connectivity index (χ2v) is 9.70. The van der Waals surface area contributed by atoms with Crippen molar-refractivity contribution in [1.82, 2.24) is 5.25 Å². The summed E-state index contributed by atoms with van der Waals surface area (Å²) >= 11 is 0. The van der Waals surface area contributed by atoms with Crippen LogP contribution in [0.2, 0.25) is 0 Å². The molecule has 0 heterocycles. The van der Waals surface area contributed by atoms with E-state index in [0.29, 0.717) is 10.6 Å². The van der Waals surface area contributed by atoms with Gasteiger partial charge in [0.05, 0.1) is 4.90 Å². The Morgan fingerprint density at radius 1 is 0.769 bits per heavy atom. The van der Waals surface area contributed by atoms with Crippen LogP contribution in [0.1, 0.15) is 5.56 Å². The van der Waals surface area contributed by atoms with Crippen molar-refractivity contribution in [2.75, 3.05) is 0 Å². The van der Waals surface area contributed by atoms with Crippen molar-refractivity contribution in [1.29, 1.82) is 0 Å². The Bertz CT molecular complexity index is 977. The van der Waals surface area contributed by atoms with E-state index in [1.807, 2.05) is 6.92 Å². The third kappa shape index (κ3) is 3.94. The van der Waals surface area contributed by atoms with Gasteiger partial charge >= 0.3 is 10.1 Å². The number of rotatable bonds is 6. The normalized spacial score (nSPS) is 12.0. The van der Waals surface area contributed by atoms with E-state index >= 15 is 0 Å². The summed E-state index contributed by atoms with van der Waals surface area (Å²) in [4.78, 5) is -0.0109. The Balaban J connectivity index is 1.95. The van der Waals surface area contributed by atoms with Crippen molar-refractivity contribution < 1.29 is 17.3 Å². The summed E-state index contributed by atoms with van der Waals surface area (Å²) in [6, 6.07) is 23.4. The zero-order valence-corrected chi connectivity index (χ0v) is 15.8. The van der Waals surface area contributed by atoms with Gasteiger partial charge < -0.3 is 0 Å². The fourth-order valence-corrected chi connectivity index (χ4v) is 5.46. The Hall–Kier alpha value is -2.24. The van der Waals surface area contributed by atoms with Crippen molar-refractivity contribution in [3.05, 3.63) is 90.5 Å². The second kappa shape index (κ2) is 7.56. The molecule has 0 fully saturated rings. The van der Waals surface area contributed by atoms with Gasteiger partial charge in [-0.15, -0.1) is 5.25 Å². The maximum Gasteiger partial charge on any atom is 0.313 e. The molecule has 0 bridgehead atoms. The average molecular weight is 387 g/mol. The summed E-state index contributed by atoms with van der Waals surface area (Å²) in [5.41, 5.74) is 0.927. The van der Waals surface area contributed by atoms with Gasteiger partial charge in [0.1, 0.15) is 0 Å². The molecular weight excluding hydrogens is 369 g/mol. The zero-order chi connectivity index (χ0) is 18.6. The van der Waals surface area contributed by atoms with Crippen LogP contribution >= 0.6 is 7.29 Å². The highest BCUT2D eigenvalue weighted by Crippen LogP contribution is 2.39. The fourth-order valence-electron chi connectivity index (χ4n) is 2.38. The standard InChI is InChI=1S/C19H18NO4PS/c1-16-12-14-19(15-13-16)26(22,23)24-20-25(21,17-8-4-2-5-9-17)18-10-6-3-7-11-18/h2-15H,1H3,(H,20,21). The van der Waals surface area contributed by atoms with E-state index < -0.39 is 17.4 Å². The number of aryl methyl sites for hydroxylation is 1. The topological polar surface area (TPSA) is 72.5 Å². The molecule has 134 valence electrons. The SMILES string of the molecule is Cc1ccc(S(=O)(=O)ONP(=O)(c2ccccc2)c2ccccc2)cc1. The molecule has 0 amide bonds. The molecule has 0 aliphatic heterocycles. The predicted octanol–water partition coefficient (Wildman–Crippen LogP) is 3.13. The summed E-state index contributed by atoms with van der Waals surface area (Å²) in [5, 5.41) is 3.25. The molecule has 0 unspecified atom stereocenters. The molecule has 0 aliphatic carbocycles. The molecule has 0 aliphatic rings. The van der Waals surface area contributed by atoms with Crippen molar-refractivity contribution in [3.63, 3.8) is 0 Å². The minimum Gasteiger partial charge on any atom is -0.294 e. The van der Waals surface area contributed by atoms with E-state index in [1.165, 1.54) is 12.1 Å². The highest BCUT2D eigenvalue weighted by atomic mass is 32.2. The third-order valence-corrected chi connectivity index (χ3v) is 7.50. The summed E-state index contributed by atoms with van der Waals surface area (Å²) in [6.07, 6.45) is 0. The van der Waals surface area contributed by atoms with Crippen molar-refractivity contribution in [2.24, 2.45) is 0 Å². The van der Waals surface area contributed by atoms with E-state index in [4.69, 9.17) is 4.28 Å². The lowest BCUT2D eigenvalue weighted by atomic mass is 10.2. The van der Waals surface area contributed by atoms with Crippen LogP contribution in [0.4, 0.5) is 0 Å². The van der Waals surface area contributed by atoms with E-state index in [-0.39, 0.29) is 4.90 Å². The van der Waals surface area contributed by atoms with Crippen molar-refractivity contribution in [3.8, 4) is 0 Å². The number of hydrogen-bond donors (Lipinski definition) is 1. The molecule has 3 rings (SSSR count). The first-order valence-corrected chi connectivity index (χ1v) is 11.0. The molecule has 5 nitrogen and oxygen atoms in total. The second-order valence-electron chi connectivity index (χ2n) is 5.72. The minimum absolute atomic E-state index is 0.0109. The van der Waals surface area contributed by atoms with Crippen LogP contribution < -0.4 is 15.9 Å². The molecule has 1 N–H and O–H groups in total. The highest BCUT2D eigenvalue weighted by molar-refractivity contribution is 7.87. The van der Waals surface area contributed by atoms with Crippen molar-refractivity contribution >= 4 is 28.0 Å². The lowest BCUT2D eigenvalue weighted by molar-refractivity contribution is 0.276. The molecule has 0 radical (unpaired) electrons. The van der Waals surface area contributed by atoms with E-state index in [0.717, 1.165) is 5.56 Å². The summed E-state index contributed by atoms with van der Waals surface area (Å²) in [6.45, 7) is 1.86. The van der Waals surface area contributed by atoms with Gasteiger partial charge in [0.2, 0.25) is 7.29 Å². The largest absolute Gasteiger partial charge is 0.313 e. The lowest BCUT2D eigenvalue weighted by Gasteiger charge is -2.19. The molecule has 0 spiro atoms. The maximum atomic E-state index is 13.6. The van der Waals surface area contributed by atoms with Gasteiger partial charge in [0.25, 0.3) is 0 Å².